The lowest BCUT2D eigenvalue weighted by atomic mass is 10.0. The molecule has 4 rings (SSSR count). The Bertz CT molecular complexity index is 597. The second kappa shape index (κ2) is 4.97. The third-order valence-corrected chi connectivity index (χ3v) is 5.23. The predicted octanol–water partition coefficient (Wildman–Crippen LogP) is 1.40. The zero-order chi connectivity index (χ0) is 14.4. The fourth-order valence-corrected chi connectivity index (χ4v) is 4.00. The van der Waals surface area contributed by atoms with Crippen LogP contribution >= 0.6 is 0 Å². The maximum Gasteiger partial charge on any atom is 0.344 e. The zero-order valence-corrected chi connectivity index (χ0v) is 12.3. The van der Waals surface area contributed by atoms with Crippen LogP contribution in [0.3, 0.4) is 0 Å². The number of esters is 1. The fraction of sp³-hybridized carbons (Fsp3) is 0.471. The molecule has 2 saturated heterocycles. The standard InChI is InChI=1S/C17H20N2O2/c1-19-11-6-7-12(19)9-13(8-11)21-17(20)15-10-18-16-5-3-2-4-14(15)16/h2-5,10-13,18H,6-9H2,1H3/p+1/t11-,12+,13?. The highest BCUT2D eigenvalue weighted by molar-refractivity contribution is 6.18. The first kappa shape index (κ1) is 13.0. The monoisotopic (exact) mass is 285 g/mol. The van der Waals surface area contributed by atoms with Gasteiger partial charge in [0.15, 0.2) is 0 Å². The van der Waals surface area contributed by atoms with Gasteiger partial charge in [-0.1, -0.05) is 12.1 Å². The van der Waals surface area contributed by atoms with E-state index in [0.29, 0.717) is 17.7 Å². The van der Waals surface area contributed by atoms with Crippen molar-refractivity contribution < 1.29 is 14.8 Å². The topological polar surface area (TPSA) is 46.1 Å². The summed E-state index contributed by atoms with van der Waals surface area (Å²) in [5, 5.41) is 1.99. The third-order valence-electron chi connectivity index (χ3n) is 5.23. The predicted molar refractivity (Wildman–Crippen MR) is 79.7 cm³/mol. The first-order chi connectivity index (χ1) is 10.2. The molecule has 0 saturated carbocycles. The van der Waals surface area contributed by atoms with Gasteiger partial charge in [0.25, 0.3) is 0 Å². The average molecular weight is 285 g/mol. The third kappa shape index (κ3) is 2.19. The molecule has 0 spiro atoms. The number of nitrogens with zero attached hydrogens (tertiary/aromatic N) is 1. The molecule has 21 heavy (non-hydrogen) atoms. The van der Waals surface area contributed by atoms with Crippen molar-refractivity contribution in [2.45, 2.75) is 43.9 Å². The summed E-state index contributed by atoms with van der Waals surface area (Å²) in [6.07, 6.45) is 6.42. The summed E-state index contributed by atoms with van der Waals surface area (Å²) in [6, 6.07) is 9.17. The Hall–Kier alpha value is -1.65. The molecular formula is C17H21N2O2+. The van der Waals surface area contributed by atoms with Crippen LogP contribution in [0.5, 0.6) is 0 Å². The summed E-state index contributed by atoms with van der Waals surface area (Å²) in [5.74, 6) is -0.162. The van der Waals surface area contributed by atoms with E-state index in [1.165, 1.54) is 12.8 Å². The molecule has 110 valence electrons. The number of nitrogens with two attached hydrogens (primary N) is 1. The average Bonchev–Trinajstić information content (AvgIpc) is 2.98. The highest BCUT2D eigenvalue weighted by Gasteiger charge is 2.40. The number of ether oxygens (including phenoxy) is 1. The van der Waals surface area contributed by atoms with Gasteiger partial charge >= 0.3 is 5.97 Å². The Morgan fingerprint density at radius 2 is 1.95 bits per heavy atom. The van der Waals surface area contributed by atoms with Gasteiger partial charge in [0, 0.05) is 31.0 Å². The molecule has 2 N–H and O–H groups in total. The fourth-order valence-electron chi connectivity index (χ4n) is 4.00. The largest absolute Gasteiger partial charge is 0.458 e. The maximum atomic E-state index is 12.5. The summed E-state index contributed by atoms with van der Waals surface area (Å²) in [5.41, 5.74) is 2.81. The van der Waals surface area contributed by atoms with Crippen molar-refractivity contribution in [3.05, 3.63) is 36.0 Å². The van der Waals surface area contributed by atoms with Crippen LogP contribution < -0.4 is 5.32 Å². The molecule has 0 aromatic heterocycles. The van der Waals surface area contributed by atoms with Gasteiger partial charge in [-0.05, 0) is 26.0 Å². The van der Waals surface area contributed by atoms with Crippen molar-refractivity contribution in [1.82, 2.24) is 4.90 Å². The second-order valence-electron chi connectivity index (χ2n) is 6.38. The van der Waals surface area contributed by atoms with Crippen molar-refractivity contribution in [2.24, 2.45) is 0 Å². The number of carbonyl (C=O) groups is 1. The van der Waals surface area contributed by atoms with Gasteiger partial charge in [0.05, 0.1) is 5.56 Å². The minimum atomic E-state index is -0.162. The van der Waals surface area contributed by atoms with Gasteiger partial charge in [-0.15, -0.1) is 0 Å². The molecule has 3 heterocycles. The van der Waals surface area contributed by atoms with Gasteiger partial charge in [-0.2, -0.15) is 0 Å². The summed E-state index contributed by atoms with van der Waals surface area (Å²) in [7, 11) is 2.20. The van der Waals surface area contributed by atoms with Crippen LogP contribution in [0.1, 0.15) is 31.2 Å². The van der Waals surface area contributed by atoms with Crippen LogP contribution in [0.4, 0.5) is 5.69 Å². The van der Waals surface area contributed by atoms with Crippen molar-refractivity contribution >= 4 is 17.2 Å². The van der Waals surface area contributed by atoms with Gasteiger partial charge in [0.2, 0.25) is 0 Å². The minimum Gasteiger partial charge on any atom is -0.458 e. The van der Waals surface area contributed by atoms with Crippen LogP contribution in [0.15, 0.2) is 30.5 Å². The number of piperidine rings is 1. The highest BCUT2D eigenvalue weighted by atomic mass is 16.5. The summed E-state index contributed by atoms with van der Waals surface area (Å²) in [4.78, 5) is 14.9. The Morgan fingerprint density at radius 1 is 1.24 bits per heavy atom. The Morgan fingerprint density at radius 3 is 2.71 bits per heavy atom. The number of benzene rings is 1. The highest BCUT2D eigenvalue weighted by Crippen LogP contribution is 2.36. The molecular weight excluding hydrogens is 264 g/mol. The van der Waals surface area contributed by atoms with E-state index < -0.39 is 0 Å². The number of rotatable bonds is 2. The number of fused-ring (bicyclic) bond motifs is 3. The first-order valence-electron chi connectivity index (χ1n) is 7.80. The molecule has 1 unspecified atom stereocenters. The molecule has 2 fully saturated rings. The van der Waals surface area contributed by atoms with E-state index in [1.807, 2.05) is 35.8 Å². The number of quaternary nitrogens is 1. The van der Waals surface area contributed by atoms with Crippen LogP contribution in [-0.4, -0.2) is 36.1 Å². The number of hydrogen-bond acceptors (Lipinski definition) is 3. The van der Waals surface area contributed by atoms with E-state index in [2.05, 4.69) is 11.9 Å². The summed E-state index contributed by atoms with van der Waals surface area (Å²) >= 11 is 0. The molecule has 0 amide bonds. The van der Waals surface area contributed by atoms with Gasteiger partial charge < -0.3 is 9.64 Å². The van der Waals surface area contributed by atoms with Crippen molar-refractivity contribution in [3.8, 4) is 0 Å². The van der Waals surface area contributed by atoms with Crippen LogP contribution in [0, 0.1) is 0 Å². The first-order valence-corrected chi connectivity index (χ1v) is 7.80. The van der Waals surface area contributed by atoms with Crippen LogP contribution in [0.25, 0.3) is 5.57 Å². The van der Waals surface area contributed by atoms with Crippen molar-refractivity contribution in [3.63, 3.8) is 0 Å². The van der Waals surface area contributed by atoms with E-state index in [4.69, 9.17) is 4.74 Å². The van der Waals surface area contributed by atoms with E-state index in [-0.39, 0.29) is 12.1 Å². The lowest BCUT2D eigenvalue weighted by Crippen LogP contribution is -2.69. The normalized spacial score (nSPS) is 30.9. The Kier molecular flexibility index (Phi) is 3.08. The molecule has 1 aromatic rings. The summed E-state index contributed by atoms with van der Waals surface area (Å²) < 4.78 is 5.81. The van der Waals surface area contributed by atoms with E-state index in [0.717, 1.165) is 24.1 Å². The van der Waals surface area contributed by atoms with Gasteiger partial charge in [0.1, 0.15) is 23.6 Å². The molecule has 4 nitrogen and oxygen atoms in total. The van der Waals surface area contributed by atoms with Crippen molar-refractivity contribution in [1.29, 1.82) is 0 Å². The maximum absolute atomic E-state index is 12.5. The molecule has 4 heteroatoms. The van der Waals surface area contributed by atoms with Crippen LogP contribution in [0.2, 0.25) is 0 Å². The lowest BCUT2D eigenvalue weighted by Gasteiger charge is -2.35. The molecule has 3 aliphatic rings. The number of carbonyl (C=O) groups excluding carboxylic acids is 1. The van der Waals surface area contributed by atoms with Crippen molar-refractivity contribution in [2.75, 3.05) is 7.05 Å². The Balaban J connectivity index is 1.46. The molecule has 3 aliphatic heterocycles. The molecule has 1 aromatic carbocycles. The van der Waals surface area contributed by atoms with E-state index >= 15 is 0 Å². The summed E-state index contributed by atoms with van der Waals surface area (Å²) in [6.45, 7) is 0. The molecule has 3 atom stereocenters. The van der Waals surface area contributed by atoms with E-state index in [1.54, 1.807) is 0 Å². The van der Waals surface area contributed by atoms with E-state index in [9.17, 15) is 4.79 Å². The van der Waals surface area contributed by atoms with Gasteiger partial charge in [-0.3, -0.25) is 5.32 Å². The molecule has 0 radical (unpaired) electrons. The molecule has 2 bridgehead atoms. The quantitative estimate of drug-likeness (QED) is 0.660. The molecule has 0 aliphatic carbocycles. The zero-order valence-electron chi connectivity index (χ0n) is 12.3. The minimum absolute atomic E-state index is 0.0832. The lowest BCUT2D eigenvalue weighted by molar-refractivity contribution is -0.491. The van der Waals surface area contributed by atoms with Crippen LogP contribution in [-0.2, 0) is 9.53 Å². The second-order valence-corrected chi connectivity index (χ2v) is 6.38. The SMILES string of the molecule is CN1[C@@H]2CC[C@H]1CC(OC(=O)C1=C[NH2+]c3ccccc31)C2. The number of para-hydroxylation sites is 1. The van der Waals surface area contributed by atoms with Gasteiger partial charge in [-0.25, -0.2) is 4.79 Å². The number of hydrogen-bond donors (Lipinski definition) is 1. The smallest absolute Gasteiger partial charge is 0.344 e. The Labute approximate surface area is 124 Å².